The molecule has 2 atom stereocenters. The molecule has 1 saturated heterocycles. The summed E-state index contributed by atoms with van der Waals surface area (Å²) in [6.45, 7) is 7.12. The van der Waals surface area contributed by atoms with Crippen LogP contribution < -0.4 is 10.2 Å². The number of anilines is 1. The van der Waals surface area contributed by atoms with E-state index >= 15 is 0 Å². The van der Waals surface area contributed by atoms with E-state index in [-0.39, 0.29) is 24.2 Å². The molecule has 0 aliphatic carbocycles. The van der Waals surface area contributed by atoms with Crippen LogP contribution in [0, 0.1) is 5.82 Å². The Kier molecular flexibility index (Phi) is 6.70. The molecule has 29 heavy (non-hydrogen) atoms. The average molecular weight is 419 g/mol. The molecule has 2 heterocycles. The highest BCUT2D eigenvalue weighted by Gasteiger charge is 2.36. The third kappa shape index (κ3) is 5.64. The maximum Gasteiger partial charge on any atom is 0.278 e. The summed E-state index contributed by atoms with van der Waals surface area (Å²) in [5, 5.41) is 4.82. The van der Waals surface area contributed by atoms with E-state index in [1.165, 1.54) is 34.0 Å². The molecule has 0 spiro atoms. The SMILES string of the molecule is CC(C)(C)N(CC(=O)Nc1ccc(F)cc1)C(=O)C[NH+]1CCC[C@@H]1c1cccs1. The number of carbonyl (C=O) groups is 2. The number of nitrogens with zero attached hydrogens (tertiary/aromatic N) is 1. The van der Waals surface area contributed by atoms with E-state index < -0.39 is 5.54 Å². The monoisotopic (exact) mass is 418 g/mol. The molecule has 7 heteroatoms. The predicted molar refractivity (Wildman–Crippen MR) is 113 cm³/mol. The number of rotatable bonds is 6. The Morgan fingerprint density at radius 1 is 1.24 bits per heavy atom. The van der Waals surface area contributed by atoms with E-state index in [0.29, 0.717) is 18.3 Å². The zero-order valence-corrected chi connectivity index (χ0v) is 18.0. The Balaban J connectivity index is 1.65. The van der Waals surface area contributed by atoms with E-state index in [1.807, 2.05) is 20.8 Å². The summed E-state index contributed by atoms with van der Waals surface area (Å²) < 4.78 is 13.1. The Morgan fingerprint density at radius 2 is 1.97 bits per heavy atom. The maximum absolute atomic E-state index is 13.2. The third-order valence-electron chi connectivity index (χ3n) is 5.29. The minimum atomic E-state index is -0.477. The average Bonchev–Trinajstić information content (AvgIpc) is 3.32. The molecule has 156 valence electrons. The van der Waals surface area contributed by atoms with Gasteiger partial charge in [-0.2, -0.15) is 0 Å². The van der Waals surface area contributed by atoms with Crippen molar-refractivity contribution in [3.8, 4) is 0 Å². The fourth-order valence-electron chi connectivity index (χ4n) is 3.82. The van der Waals surface area contributed by atoms with Crippen LogP contribution in [0.15, 0.2) is 41.8 Å². The summed E-state index contributed by atoms with van der Waals surface area (Å²) in [4.78, 5) is 29.9. The molecule has 5 nitrogen and oxygen atoms in total. The lowest BCUT2D eigenvalue weighted by molar-refractivity contribution is -0.910. The molecule has 1 aromatic heterocycles. The molecule has 3 rings (SSSR count). The first-order valence-corrected chi connectivity index (χ1v) is 10.9. The molecular weight excluding hydrogens is 389 g/mol. The first-order valence-electron chi connectivity index (χ1n) is 9.98. The molecule has 1 unspecified atom stereocenters. The predicted octanol–water partition coefficient (Wildman–Crippen LogP) is 2.87. The zero-order chi connectivity index (χ0) is 21.0. The molecule has 1 aliphatic heterocycles. The highest BCUT2D eigenvalue weighted by atomic mass is 32.1. The molecule has 1 fully saturated rings. The van der Waals surface area contributed by atoms with Crippen molar-refractivity contribution >= 4 is 28.8 Å². The van der Waals surface area contributed by atoms with Gasteiger partial charge in [0.15, 0.2) is 6.54 Å². The minimum absolute atomic E-state index is 0.0230. The standard InChI is InChI=1S/C22H28FN3O2S/c1-22(2,3)26(14-20(27)24-17-10-8-16(23)9-11-17)21(28)15-25-12-4-6-18(25)19-7-5-13-29-19/h5,7-11,13,18H,4,6,12,14-15H2,1-3H3,(H,24,27)/p+1/t18-/m1/s1. The lowest BCUT2D eigenvalue weighted by Crippen LogP contribution is -3.11. The van der Waals surface area contributed by atoms with Gasteiger partial charge in [-0.3, -0.25) is 9.59 Å². The molecule has 0 saturated carbocycles. The van der Waals surface area contributed by atoms with Crippen LogP contribution in [-0.4, -0.2) is 41.9 Å². The lowest BCUT2D eigenvalue weighted by atomic mass is 10.1. The second-order valence-corrected chi connectivity index (χ2v) is 9.48. The van der Waals surface area contributed by atoms with Crippen molar-refractivity contribution in [2.24, 2.45) is 0 Å². The number of halogens is 1. The first kappa shape index (κ1) is 21.5. The number of likely N-dealkylation sites (tertiary alicyclic amines) is 1. The van der Waals surface area contributed by atoms with Gasteiger partial charge in [-0.1, -0.05) is 6.07 Å². The number of carbonyl (C=O) groups excluding carboxylic acids is 2. The zero-order valence-electron chi connectivity index (χ0n) is 17.2. The Hall–Kier alpha value is -2.25. The van der Waals surface area contributed by atoms with Gasteiger partial charge >= 0.3 is 0 Å². The normalized spacial score (nSPS) is 19.2. The number of hydrogen-bond donors (Lipinski definition) is 2. The van der Waals surface area contributed by atoms with Gasteiger partial charge in [0.2, 0.25) is 5.91 Å². The van der Waals surface area contributed by atoms with Gasteiger partial charge in [0, 0.05) is 24.1 Å². The number of thiophene rings is 1. The molecule has 0 bridgehead atoms. The molecule has 0 radical (unpaired) electrons. The van der Waals surface area contributed by atoms with Crippen LogP contribution in [-0.2, 0) is 9.59 Å². The fraction of sp³-hybridized carbons (Fsp3) is 0.455. The van der Waals surface area contributed by atoms with Crippen molar-refractivity contribution in [1.29, 1.82) is 0 Å². The Bertz CT molecular complexity index is 831. The first-order chi connectivity index (χ1) is 13.7. The van der Waals surface area contributed by atoms with Crippen LogP contribution in [0.3, 0.4) is 0 Å². The third-order valence-corrected chi connectivity index (χ3v) is 6.27. The summed E-state index contributed by atoms with van der Waals surface area (Å²) in [7, 11) is 0. The molecule has 2 amide bonds. The van der Waals surface area contributed by atoms with Gasteiger partial charge < -0.3 is 15.1 Å². The van der Waals surface area contributed by atoms with Crippen LogP contribution >= 0.6 is 11.3 Å². The van der Waals surface area contributed by atoms with E-state index in [0.717, 1.165) is 19.4 Å². The molecule has 1 aliphatic rings. The van der Waals surface area contributed by atoms with Crippen LogP contribution in [0.4, 0.5) is 10.1 Å². The van der Waals surface area contributed by atoms with Crippen molar-refractivity contribution in [2.75, 3.05) is 25.0 Å². The number of hydrogen-bond acceptors (Lipinski definition) is 3. The van der Waals surface area contributed by atoms with Gasteiger partial charge in [-0.25, -0.2) is 4.39 Å². The minimum Gasteiger partial charge on any atom is -0.325 e. The van der Waals surface area contributed by atoms with Gasteiger partial charge in [0.05, 0.1) is 11.4 Å². The van der Waals surface area contributed by atoms with E-state index in [2.05, 4.69) is 22.8 Å². The van der Waals surface area contributed by atoms with Gasteiger partial charge in [0.25, 0.3) is 5.91 Å². The van der Waals surface area contributed by atoms with E-state index in [9.17, 15) is 14.0 Å². The number of quaternary nitrogens is 1. The van der Waals surface area contributed by atoms with Crippen molar-refractivity contribution in [3.63, 3.8) is 0 Å². The van der Waals surface area contributed by atoms with Crippen LogP contribution in [0.1, 0.15) is 44.5 Å². The molecule has 1 aromatic carbocycles. The largest absolute Gasteiger partial charge is 0.325 e. The maximum atomic E-state index is 13.2. The van der Waals surface area contributed by atoms with Crippen LogP contribution in [0.5, 0.6) is 0 Å². The number of benzene rings is 1. The highest BCUT2D eigenvalue weighted by Crippen LogP contribution is 2.23. The van der Waals surface area contributed by atoms with E-state index in [4.69, 9.17) is 0 Å². The van der Waals surface area contributed by atoms with E-state index in [1.54, 1.807) is 16.2 Å². The quantitative estimate of drug-likeness (QED) is 0.758. The topological polar surface area (TPSA) is 53.9 Å². The summed E-state index contributed by atoms with van der Waals surface area (Å²) in [5.74, 6) is -0.667. The Morgan fingerprint density at radius 3 is 2.59 bits per heavy atom. The number of amides is 2. The van der Waals surface area contributed by atoms with Gasteiger partial charge in [0.1, 0.15) is 18.4 Å². The summed E-state index contributed by atoms with van der Waals surface area (Å²) >= 11 is 1.74. The van der Waals surface area contributed by atoms with Gasteiger partial charge in [-0.05, 0) is 56.5 Å². The second kappa shape index (κ2) is 9.05. The van der Waals surface area contributed by atoms with Crippen LogP contribution in [0.25, 0.3) is 0 Å². The van der Waals surface area contributed by atoms with Crippen molar-refractivity contribution in [1.82, 2.24) is 4.90 Å². The molecule has 2 N–H and O–H groups in total. The molecular formula is C22H29FN3O2S+. The second-order valence-electron chi connectivity index (χ2n) is 8.50. The van der Waals surface area contributed by atoms with Crippen LogP contribution in [0.2, 0.25) is 0 Å². The van der Waals surface area contributed by atoms with Crippen molar-refractivity contribution in [2.45, 2.75) is 45.2 Å². The van der Waals surface area contributed by atoms with Crippen molar-refractivity contribution < 1.29 is 18.9 Å². The fourth-order valence-corrected chi connectivity index (χ4v) is 4.74. The van der Waals surface area contributed by atoms with Gasteiger partial charge in [-0.15, -0.1) is 11.3 Å². The highest BCUT2D eigenvalue weighted by molar-refractivity contribution is 7.10. The Labute approximate surface area is 175 Å². The summed E-state index contributed by atoms with van der Waals surface area (Å²) in [6, 6.07) is 10.2. The van der Waals surface area contributed by atoms with Crippen molar-refractivity contribution in [3.05, 3.63) is 52.5 Å². The lowest BCUT2D eigenvalue weighted by Gasteiger charge is -2.36. The molecule has 2 aromatic rings. The summed E-state index contributed by atoms with van der Waals surface area (Å²) in [5.41, 5.74) is 0.0371. The summed E-state index contributed by atoms with van der Waals surface area (Å²) in [6.07, 6.45) is 2.19. The smallest absolute Gasteiger partial charge is 0.278 e. The number of nitrogens with one attached hydrogen (secondary N) is 2.